The molecule has 0 atom stereocenters. The van der Waals surface area contributed by atoms with Crippen LogP contribution in [0, 0.1) is 0 Å². The van der Waals surface area contributed by atoms with Gasteiger partial charge >= 0.3 is 0 Å². The predicted octanol–water partition coefficient (Wildman–Crippen LogP) is 2.13. The molecule has 0 saturated carbocycles. The minimum Gasteiger partial charge on any atom is -0.468 e. The number of nitrogens with one attached hydrogen (secondary N) is 3. The van der Waals surface area contributed by atoms with Crippen molar-refractivity contribution in [2.45, 2.75) is 17.9 Å². The Morgan fingerprint density at radius 3 is 2.32 bits per heavy atom. The second-order valence-electron chi connectivity index (χ2n) is 8.76. The summed E-state index contributed by atoms with van der Waals surface area (Å²) >= 11 is 0. The van der Waals surface area contributed by atoms with Gasteiger partial charge in [0, 0.05) is 50.9 Å². The van der Waals surface area contributed by atoms with Gasteiger partial charge in [0.2, 0.25) is 15.9 Å². The zero-order chi connectivity index (χ0) is 26.8. The van der Waals surface area contributed by atoms with E-state index in [1.807, 2.05) is 18.2 Å². The lowest BCUT2D eigenvalue weighted by Gasteiger charge is -2.36. The van der Waals surface area contributed by atoms with Crippen LogP contribution in [0.5, 0.6) is 0 Å². The van der Waals surface area contributed by atoms with Crippen LogP contribution in [0.3, 0.4) is 0 Å². The maximum absolute atomic E-state index is 12.4. The van der Waals surface area contributed by atoms with Gasteiger partial charge in [-0.05, 0) is 48.0 Å². The van der Waals surface area contributed by atoms with Gasteiger partial charge in [-0.25, -0.2) is 13.1 Å². The van der Waals surface area contributed by atoms with E-state index >= 15 is 0 Å². The summed E-state index contributed by atoms with van der Waals surface area (Å²) in [4.78, 5) is 28.9. The molecule has 1 aliphatic rings. The van der Waals surface area contributed by atoms with E-state index in [0.29, 0.717) is 17.9 Å². The third-order valence-corrected chi connectivity index (χ3v) is 7.53. The number of para-hydroxylation sites is 1. The predicted molar refractivity (Wildman–Crippen MR) is 144 cm³/mol. The summed E-state index contributed by atoms with van der Waals surface area (Å²) in [6.45, 7) is 4.22. The number of amides is 2. The molecule has 2 heterocycles. The van der Waals surface area contributed by atoms with Crippen molar-refractivity contribution in [2.24, 2.45) is 0 Å². The lowest BCUT2D eigenvalue weighted by molar-refractivity contribution is -0.127. The van der Waals surface area contributed by atoms with E-state index in [1.54, 1.807) is 24.3 Å². The molecule has 38 heavy (non-hydrogen) atoms. The van der Waals surface area contributed by atoms with Crippen molar-refractivity contribution < 1.29 is 22.4 Å². The lowest BCUT2D eigenvalue weighted by Crippen LogP contribution is -2.48. The van der Waals surface area contributed by atoms with Gasteiger partial charge in [0.1, 0.15) is 5.76 Å². The number of hydrazine groups is 1. The average molecular weight is 538 g/mol. The first-order valence-electron chi connectivity index (χ1n) is 12.3. The molecule has 3 aromatic rings. The molecule has 1 aliphatic heterocycles. The highest BCUT2D eigenvalue weighted by Crippen LogP contribution is 2.16. The topological polar surface area (TPSA) is 124 Å². The van der Waals surface area contributed by atoms with Crippen molar-refractivity contribution in [3.05, 3.63) is 90.4 Å². The number of furan rings is 1. The summed E-state index contributed by atoms with van der Waals surface area (Å²) in [7, 11) is -3.70. The molecule has 11 heteroatoms. The Morgan fingerprint density at radius 2 is 1.63 bits per heavy atom. The highest BCUT2D eigenvalue weighted by molar-refractivity contribution is 7.89. The molecular formula is C27H31N5O5S. The summed E-state index contributed by atoms with van der Waals surface area (Å²) in [5.74, 6) is -0.256. The third-order valence-electron chi connectivity index (χ3n) is 6.11. The molecule has 1 fully saturated rings. The van der Waals surface area contributed by atoms with E-state index < -0.39 is 15.9 Å². The number of rotatable bonds is 10. The fourth-order valence-corrected chi connectivity index (χ4v) is 4.95. The molecule has 0 spiro atoms. The summed E-state index contributed by atoms with van der Waals surface area (Å²) in [5, 5.41) is 0. The second-order valence-corrected chi connectivity index (χ2v) is 10.5. The van der Waals surface area contributed by atoms with E-state index in [2.05, 4.69) is 37.5 Å². The van der Waals surface area contributed by atoms with Crippen molar-refractivity contribution in [2.75, 3.05) is 37.6 Å². The highest BCUT2D eigenvalue weighted by atomic mass is 32.2. The first-order valence-corrected chi connectivity index (χ1v) is 13.8. The quantitative estimate of drug-likeness (QED) is 0.267. The van der Waals surface area contributed by atoms with Crippen LogP contribution in [0.25, 0.3) is 6.08 Å². The molecule has 2 amide bonds. The average Bonchev–Trinajstić information content (AvgIpc) is 3.48. The normalized spacial score (nSPS) is 14.5. The summed E-state index contributed by atoms with van der Waals surface area (Å²) in [6.07, 6.45) is 4.54. The zero-order valence-electron chi connectivity index (χ0n) is 20.9. The maximum atomic E-state index is 12.4. The van der Waals surface area contributed by atoms with E-state index in [9.17, 15) is 18.0 Å². The van der Waals surface area contributed by atoms with E-state index in [0.717, 1.165) is 26.2 Å². The van der Waals surface area contributed by atoms with Crippen LogP contribution >= 0.6 is 0 Å². The van der Waals surface area contributed by atoms with Crippen LogP contribution in [-0.2, 0) is 26.2 Å². The van der Waals surface area contributed by atoms with Crippen molar-refractivity contribution in [3.8, 4) is 0 Å². The number of nitrogens with zero attached hydrogens (tertiary/aromatic N) is 2. The van der Waals surface area contributed by atoms with Crippen molar-refractivity contribution in [1.29, 1.82) is 0 Å². The van der Waals surface area contributed by atoms with Gasteiger partial charge in [0.25, 0.3) is 5.91 Å². The maximum Gasteiger partial charge on any atom is 0.262 e. The zero-order valence-corrected chi connectivity index (χ0v) is 21.7. The van der Waals surface area contributed by atoms with E-state index in [4.69, 9.17) is 4.42 Å². The van der Waals surface area contributed by atoms with E-state index in [-0.39, 0.29) is 23.8 Å². The first kappa shape index (κ1) is 27.1. The molecule has 0 unspecified atom stereocenters. The third kappa shape index (κ3) is 8.04. The minimum absolute atomic E-state index is 0.0494. The van der Waals surface area contributed by atoms with Crippen LogP contribution in [-0.4, -0.2) is 57.9 Å². The first-order chi connectivity index (χ1) is 18.4. The van der Waals surface area contributed by atoms with Crippen LogP contribution in [0.15, 0.2) is 88.4 Å². The lowest BCUT2D eigenvalue weighted by atomic mass is 10.2. The van der Waals surface area contributed by atoms with Gasteiger partial charge in [0.15, 0.2) is 0 Å². The number of benzene rings is 2. The highest BCUT2D eigenvalue weighted by Gasteiger charge is 2.18. The Bertz CT molecular complexity index is 1320. The molecule has 1 saturated heterocycles. The van der Waals surface area contributed by atoms with Crippen molar-refractivity contribution >= 4 is 33.6 Å². The molecule has 200 valence electrons. The number of sulfonamides is 1. The Balaban J connectivity index is 1.14. The van der Waals surface area contributed by atoms with Crippen LogP contribution in [0.4, 0.5) is 5.69 Å². The molecule has 10 nitrogen and oxygen atoms in total. The van der Waals surface area contributed by atoms with Gasteiger partial charge < -0.3 is 9.32 Å². The summed E-state index contributed by atoms with van der Waals surface area (Å²) in [5.41, 5.74) is 6.63. The second kappa shape index (κ2) is 13.0. The fourth-order valence-electron chi connectivity index (χ4n) is 3.96. The van der Waals surface area contributed by atoms with Crippen LogP contribution in [0.2, 0.25) is 0 Å². The number of hydrogen-bond acceptors (Lipinski definition) is 7. The summed E-state index contributed by atoms with van der Waals surface area (Å²) in [6, 6.07) is 19.7. The van der Waals surface area contributed by atoms with Crippen LogP contribution in [0.1, 0.15) is 17.7 Å². The molecule has 0 radical (unpaired) electrons. The van der Waals surface area contributed by atoms with E-state index in [1.165, 1.54) is 36.2 Å². The van der Waals surface area contributed by atoms with Gasteiger partial charge in [-0.3, -0.25) is 25.3 Å². The van der Waals surface area contributed by atoms with Gasteiger partial charge in [0.05, 0.1) is 17.7 Å². The minimum atomic E-state index is -3.70. The number of piperazine rings is 1. The molecule has 3 N–H and O–H groups in total. The molecule has 1 aromatic heterocycles. The number of carbonyl (C=O) groups is 2. The molecule has 0 bridgehead atoms. The Morgan fingerprint density at radius 1 is 0.895 bits per heavy atom. The van der Waals surface area contributed by atoms with Crippen LogP contribution < -0.4 is 20.5 Å². The smallest absolute Gasteiger partial charge is 0.262 e. The molecule has 2 aromatic carbocycles. The number of carbonyl (C=O) groups excluding carboxylic acids is 2. The Hall–Kier alpha value is -3.93. The SMILES string of the molecule is O=C(C=Cc1ccc(S(=O)(=O)NCc2ccco2)cc1)NNC(=O)CCN1CCN(c2ccccc2)CC1. The Kier molecular flexibility index (Phi) is 9.30. The van der Waals surface area contributed by atoms with Gasteiger partial charge in [-0.15, -0.1) is 0 Å². The Labute approximate surface area is 222 Å². The molecule has 0 aliphatic carbocycles. The van der Waals surface area contributed by atoms with Crippen molar-refractivity contribution in [1.82, 2.24) is 20.5 Å². The monoisotopic (exact) mass is 537 g/mol. The largest absolute Gasteiger partial charge is 0.468 e. The van der Waals surface area contributed by atoms with Gasteiger partial charge in [-0.2, -0.15) is 0 Å². The van der Waals surface area contributed by atoms with Gasteiger partial charge in [-0.1, -0.05) is 30.3 Å². The van der Waals surface area contributed by atoms with Crippen molar-refractivity contribution in [3.63, 3.8) is 0 Å². The standard InChI is InChI=1S/C27H31N5O5S/c33-26(13-10-22-8-11-25(12-9-22)38(35,36)28-21-24-7-4-20-37-24)29-30-27(34)14-15-31-16-18-32(19-17-31)23-5-2-1-3-6-23/h1-13,20,28H,14-19,21H2,(H,29,33)(H,30,34). The summed E-state index contributed by atoms with van der Waals surface area (Å²) < 4.78 is 32.4. The number of anilines is 1. The fraction of sp³-hybridized carbons (Fsp3) is 0.259. The molecule has 4 rings (SSSR count). The number of hydrogen-bond donors (Lipinski definition) is 3. The molecular weight excluding hydrogens is 506 g/mol.